The lowest BCUT2D eigenvalue weighted by atomic mass is 10.1. The molecule has 1 aliphatic heterocycles. The molecule has 1 heterocycles. The Labute approximate surface area is 154 Å². The lowest BCUT2D eigenvalue weighted by Gasteiger charge is -2.23. The highest BCUT2D eigenvalue weighted by Crippen LogP contribution is 2.31. The molecule has 5 heteroatoms. The second-order valence-electron chi connectivity index (χ2n) is 6.26. The first kappa shape index (κ1) is 17.9. The van der Waals surface area contributed by atoms with Gasteiger partial charge in [-0.05, 0) is 57.5 Å². The van der Waals surface area contributed by atoms with Crippen molar-refractivity contribution < 1.29 is 4.79 Å². The van der Waals surface area contributed by atoms with Gasteiger partial charge in [0.15, 0.2) is 5.71 Å². The number of carbonyl (C=O) groups is 1. The van der Waals surface area contributed by atoms with E-state index in [1.807, 2.05) is 49.4 Å². The van der Waals surface area contributed by atoms with E-state index in [0.29, 0.717) is 11.4 Å². The number of amides is 1. The van der Waals surface area contributed by atoms with Crippen molar-refractivity contribution in [1.82, 2.24) is 0 Å². The molecule has 0 unspecified atom stereocenters. The van der Waals surface area contributed by atoms with Gasteiger partial charge in [0.25, 0.3) is 5.91 Å². The minimum atomic E-state index is -0.195. The average Bonchev–Trinajstić information content (AvgIpc) is 2.93. The molecule has 0 fully saturated rings. The van der Waals surface area contributed by atoms with Gasteiger partial charge in [0.1, 0.15) is 0 Å². The predicted molar refractivity (Wildman–Crippen MR) is 109 cm³/mol. The monoisotopic (exact) mass is 348 g/mol. The van der Waals surface area contributed by atoms with Gasteiger partial charge in [-0.2, -0.15) is 10.1 Å². The molecule has 0 aromatic heterocycles. The van der Waals surface area contributed by atoms with Crippen LogP contribution in [0.2, 0.25) is 0 Å². The molecule has 1 amide bonds. The summed E-state index contributed by atoms with van der Waals surface area (Å²) in [6.45, 7) is 9.89. The number of benzene rings is 2. The Morgan fingerprint density at radius 3 is 2.38 bits per heavy atom. The molecule has 0 aliphatic carbocycles. The van der Waals surface area contributed by atoms with Gasteiger partial charge < -0.3 is 4.90 Å². The van der Waals surface area contributed by atoms with E-state index in [-0.39, 0.29) is 5.91 Å². The van der Waals surface area contributed by atoms with Gasteiger partial charge >= 0.3 is 0 Å². The number of aliphatic imine (C=N–C) groups is 1. The number of rotatable bonds is 5. The lowest BCUT2D eigenvalue weighted by Crippen LogP contribution is -2.27. The maximum Gasteiger partial charge on any atom is 0.299 e. The highest BCUT2D eigenvalue weighted by Gasteiger charge is 2.30. The van der Waals surface area contributed by atoms with Crippen LogP contribution < -0.4 is 9.91 Å². The van der Waals surface area contributed by atoms with Crippen LogP contribution in [0.4, 0.5) is 17.1 Å². The van der Waals surface area contributed by atoms with E-state index in [2.05, 4.69) is 36.8 Å². The summed E-state index contributed by atoms with van der Waals surface area (Å²) < 4.78 is 0. The molecule has 2 aromatic rings. The molecule has 134 valence electrons. The van der Waals surface area contributed by atoms with Crippen molar-refractivity contribution >= 4 is 34.4 Å². The third-order valence-corrected chi connectivity index (χ3v) is 4.46. The van der Waals surface area contributed by atoms with Crippen molar-refractivity contribution in [2.45, 2.75) is 27.7 Å². The lowest BCUT2D eigenvalue weighted by molar-refractivity contribution is -0.112. The predicted octanol–water partition coefficient (Wildman–Crippen LogP) is 4.34. The zero-order valence-electron chi connectivity index (χ0n) is 15.7. The molecule has 2 aromatic carbocycles. The molecule has 5 nitrogen and oxygen atoms in total. The summed E-state index contributed by atoms with van der Waals surface area (Å²) in [6.07, 6.45) is 0. The molecule has 0 atom stereocenters. The van der Waals surface area contributed by atoms with Crippen LogP contribution in [0.25, 0.3) is 0 Å². The maximum atomic E-state index is 12.9. The van der Waals surface area contributed by atoms with Gasteiger partial charge in [-0.1, -0.05) is 24.3 Å². The Morgan fingerprint density at radius 2 is 1.73 bits per heavy atom. The number of hydrogen-bond donors (Lipinski definition) is 0. The Balaban J connectivity index is 2.01. The molecule has 0 saturated carbocycles. The van der Waals surface area contributed by atoms with Crippen LogP contribution in [0.1, 0.15) is 26.3 Å². The van der Waals surface area contributed by atoms with E-state index < -0.39 is 0 Å². The molecular formula is C21H24N4O. The zero-order valence-corrected chi connectivity index (χ0v) is 15.7. The Hall–Kier alpha value is -2.95. The van der Waals surface area contributed by atoms with E-state index in [1.54, 1.807) is 0 Å². The van der Waals surface area contributed by atoms with Crippen molar-refractivity contribution in [2.24, 2.45) is 10.1 Å². The quantitative estimate of drug-likeness (QED) is 0.807. The van der Waals surface area contributed by atoms with Gasteiger partial charge in [0.05, 0.1) is 22.8 Å². The van der Waals surface area contributed by atoms with E-state index >= 15 is 0 Å². The van der Waals surface area contributed by atoms with Crippen LogP contribution >= 0.6 is 0 Å². The highest BCUT2D eigenvalue weighted by molar-refractivity contribution is 6.71. The van der Waals surface area contributed by atoms with Gasteiger partial charge in [-0.25, -0.2) is 4.99 Å². The minimum absolute atomic E-state index is 0.195. The van der Waals surface area contributed by atoms with Gasteiger partial charge in [-0.3, -0.25) is 4.79 Å². The first-order chi connectivity index (χ1) is 12.5. The summed E-state index contributed by atoms with van der Waals surface area (Å²) in [5, 5.41) is 5.82. The summed E-state index contributed by atoms with van der Waals surface area (Å²) >= 11 is 0. The number of hydrazone groups is 1. The number of nitrogens with zero attached hydrogens (tertiary/aromatic N) is 4. The Bertz CT molecular complexity index is 867. The molecule has 3 rings (SSSR count). The number of aryl methyl sites for hydroxylation is 1. The molecule has 0 N–H and O–H groups in total. The van der Waals surface area contributed by atoms with Gasteiger partial charge in [0, 0.05) is 13.1 Å². The van der Waals surface area contributed by atoms with E-state index in [9.17, 15) is 4.79 Å². The number of anilines is 2. The van der Waals surface area contributed by atoms with Crippen LogP contribution in [-0.2, 0) is 4.79 Å². The Kier molecular flexibility index (Phi) is 5.16. The molecule has 0 spiro atoms. The van der Waals surface area contributed by atoms with Crippen molar-refractivity contribution in [3.8, 4) is 0 Å². The molecule has 0 radical (unpaired) electrons. The zero-order chi connectivity index (χ0) is 18.7. The van der Waals surface area contributed by atoms with Gasteiger partial charge in [-0.15, -0.1) is 0 Å². The van der Waals surface area contributed by atoms with Crippen LogP contribution in [0.3, 0.4) is 0 Å². The van der Waals surface area contributed by atoms with E-state index in [1.165, 1.54) is 10.6 Å². The second-order valence-corrected chi connectivity index (χ2v) is 6.26. The highest BCUT2D eigenvalue weighted by atomic mass is 16.2. The Morgan fingerprint density at radius 1 is 1.04 bits per heavy atom. The standard InChI is InChI=1S/C21H24N4O/c1-5-24(6-2)19-14-15(3)12-13-18(19)22-20-16(4)23-25(21(20)26)17-10-8-7-9-11-17/h7-14H,5-6H2,1-4H3. The third-order valence-electron chi connectivity index (χ3n) is 4.46. The van der Waals surface area contributed by atoms with Crippen molar-refractivity contribution in [3.63, 3.8) is 0 Å². The molecule has 26 heavy (non-hydrogen) atoms. The van der Waals surface area contributed by atoms with Crippen LogP contribution in [0, 0.1) is 6.92 Å². The van der Waals surface area contributed by atoms with Crippen molar-refractivity contribution in [1.29, 1.82) is 0 Å². The first-order valence-corrected chi connectivity index (χ1v) is 8.94. The van der Waals surface area contributed by atoms with Crippen molar-refractivity contribution in [2.75, 3.05) is 23.0 Å². The summed E-state index contributed by atoms with van der Waals surface area (Å²) in [4.78, 5) is 19.8. The average molecular weight is 348 g/mol. The molecule has 0 saturated heterocycles. The fraction of sp³-hybridized carbons (Fsp3) is 0.286. The van der Waals surface area contributed by atoms with E-state index in [4.69, 9.17) is 4.99 Å². The summed E-state index contributed by atoms with van der Waals surface area (Å²) in [6, 6.07) is 15.5. The summed E-state index contributed by atoms with van der Waals surface area (Å²) in [5.41, 5.74) is 4.78. The first-order valence-electron chi connectivity index (χ1n) is 8.94. The number of hydrogen-bond acceptors (Lipinski definition) is 4. The van der Waals surface area contributed by atoms with Crippen molar-refractivity contribution in [3.05, 3.63) is 54.1 Å². The topological polar surface area (TPSA) is 48.3 Å². The summed E-state index contributed by atoms with van der Waals surface area (Å²) in [5.74, 6) is -0.195. The maximum absolute atomic E-state index is 12.9. The van der Waals surface area contributed by atoms with Crippen LogP contribution in [-0.4, -0.2) is 30.4 Å². The second kappa shape index (κ2) is 7.52. The fourth-order valence-electron chi connectivity index (χ4n) is 3.04. The summed E-state index contributed by atoms with van der Waals surface area (Å²) in [7, 11) is 0. The minimum Gasteiger partial charge on any atom is -0.370 e. The fourth-order valence-corrected chi connectivity index (χ4v) is 3.04. The normalized spacial score (nSPS) is 15.5. The molecular weight excluding hydrogens is 324 g/mol. The molecule has 0 bridgehead atoms. The van der Waals surface area contributed by atoms with E-state index in [0.717, 1.165) is 30.2 Å². The number of carbonyl (C=O) groups excluding carboxylic acids is 1. The molecule has 1 aliphatic rings. The van der Waals surface area contributed by atoms with Crippen LogP contribution in [0.15, 0.2) is 58.6 Å². The number of para-hydroxylation sites is 1. The SMILES string of the molecule is CCN(CC)c1cc(C)ccc1N=C1C(=O)N(c2ccccc2)N=C1C. The third kappa shape index (κ3) is 3.38. The van der Waals surface area contributed by atoms with Gasteiger partial charge in [0.2, 0.25) is 0 Å². The van der Waals surface area contributed by atoms with Crippen LogP contribution in [0.5, 0.6) is 0 Å². The largest absolute Gasteiger partial charge is 0.370 e. The smallest absolute Gasteiger partial charge is 0.299 e.